The summed E-state index contributed by atoms with van der Waals surface area (Å²) in [6.07, 6.45) is -4.31. The molecule has 0 nitrogen and oxygen atoms in total. The molecule has 1 aromatic heterocycles. The first-order valence-electron chi connectivity index (χ1n) is 6.53. The molecular weight excluding hydrogens is 325 g/mol. The minimum Gasteiger partial charge on any atom is -0.166 e. The van der Waals surface area contributed by atoms with Gasteiger partial charge in [0.15, 0.2) is 0 Å². The second kappa shape index (κ2) is 6.18. The maximum atomic E-state index is 12.8. The lowest BCUT2D eigenvalue weighted by Crippen LogP contribution is -2.04. The van der Waals surface area contributed by atoms with Crippen molar-refractivity contribution in [2.45, 2.75) is 15.3 Å². The van der Waals surface area contributed by atoms with E-state index in [4.69, 9.17) is 0 Å². The molecule has 0 bridgehead atoms. The monoisotopic (exact) mass is 336 g/mol. The number of halogens is 3. The van der Waals surface area contributed by atoms with E-state index in [0.717, 1.165) is 20.0 Å². The summed E-state index contributed by atoms with van der Waals surface area (Å²) in [6.45, 7) is 0. The standard InChI is InChI=1S/C17H11F3S2/c18-17(19,20)13-6-4-5-12(11-13)15-9-10-16(22-15)21-14-7-2-1-3-8-14/h1-11H. The molecule has 5 heteroatoms. The third-order valence-corrected chi connectivity index (χ3v) is 5.29. The van der Waals surface area contributed by atoms with Gasteiger partial charge in [-0.1, -0.05) is 42.1 Å². The fraction of sp³-hybridized carbons (Fsp3) is 0.0588. The Morgan fingerprint density at radius 3 is 2.32 bits per heavy atom. The van der Waals surface area contributed by atoms with Gasteiger partial charge in [-0.15, -0.1) is 11.3 Å². The molecule has 0 saturated heterocycles. The van der Waals surface area contributed by atoms with E-state index in [9.17, 15) is 13.2 Å². The van der Waals surface area contributed by atoms with Gasteiger partial charge in [0, 0.05) is 9.77 Å². The molecule has 0 saturated carbocycles. The van der Waals surface area contributed by atoms with Gasteiger partial charge in [0.1, 0.15) is 0 Å². The van der Waals surface area contributed by atoms with Crippen LogP contribution in [0.3, 0.4) is 0 Å². The Labute approximate surface area is 134 Å². The van der Waals surface area contributed by atoms with Crippen molar-refractivity contribution < 1.29 is 13.2 Å². The van der Waals surface area contributed by atoms with E-state index in [2.05, 4.69) is 0 Å². The van der Waals surface area contributed by atoms with Gasteiger partial charge in [-0.25, -0.2) is 0 Å². The summed E-state index contributed by atoms with van der Waals surface area (Å²) in [4.78, 5) is 1.95. The molecule has 0 aliphatic heterocycles. The first-order valence-corrected chi connectivity index (χ1v) is 8.16. The first kappa shape index (κ1) is 15.2. The number of alkyl halides is 3. The highest BCUT2D eigenvalue weighted by Crippen LogP contribution is 2.39. The zero-order valence-corrected chi connectivity index (χ0v) is 12.9. The van der Waals surface area contributed by atoms with E-state index in [-0.39, 0.29) is 0 Å². The van der Waals surface area contributed by atoms with Crippen LogP contribution >= 0.6 is 23.1 Å². The third-order valence-electron chi connectivity index (χ3n) is 3.02. The van der Waals surface area contributed by atoms with E-state index in [1.807, 2.05) is 42.5 Å². The van der Waals surface area contributed by atoms with E-state index >= 15 is 0 Å². The van der Waals surface area contributed by atoms with Crippen LogP contribution < -0.4 is 0 Å². The van der Waals surface area contributed by atoms with Crippen molar-refractivity contribution in [3.05, 3.63) is 72.3 Å². The molecule has 112 valence electrons. The van der Waals surface area contributed by atoms with Crippen LogP contribution in [-0.4, -0.2) is 0 Å². The first-order chi connectivity index (χ1) is 10.5. The number of rotatable bonds is 3. The topological polar surface area (TPSA) is 0 Å². The Morgan fingerprint density at radius 2 is 1.59 bits per heavy atom. The summed E-state index contributed by atoms with van der Waals surface area (Å²) >= 11 is 3.10. The summed E-state index contributed by atoms with van der Waals surface area (Å²) in [5.41, 5.74) is -0.0181. The average molecular weight is 336 g/mol. The smallest absolute Gasteiger partial charge is 0.166 e. The zero-order chi connectivity index (χ0) is 15.6. The summed E-state index contributed by atoms with van der Waals surface area (Å²) in [7, 11) is 0. The molecule has 0 aliphatic rings. The van der Waals surface area contributed by atoms with Gasteiger partial charge in [-0.3, -0.25) is 0 Å². The molecule has 3 rings (SSSR count). The average Bonchev–Trinajstić information content (AvgIpc) is 2.96. The highest BCUT2D eigenvalue weighted by Gasteiger charge is 2.30. The Morgan fingerprint density at radius 1 is 0.818 bits per heavy atom. The van der Waals surface area contributed by atoms with E-state index in [1.54, 1.807) is 17.8 Å². The van der Waals surface area contributed by atoms with Crippen LogP contribution in [-0.2, 0) is 6.18 Å². The van der Waals surface area contributed by atoms with E-state index in [1.165, 1.54) is 23.5 Å². The highest BCUT2D eigenvalue weighted by molar-refractivity contribution is 8.01. The van der Waals surface area contributed by atoms with Crippen molar-refractivity contribution in [1.29, 1.82) is 0 Å². The second-order valence-electron chi connectivity index (χ2n) is 4.61. The molecule has 0 atom stereocenters. The van der Waals surface area contributed by atoms with E-state index < -0.39 is 11.7 Å². The lowest BCUT2D eigenvalue weighted by molar-refractivity contribution is -0.137. The molecule has 0 unspecified atom stereocenters. The SMILES string of the molecule is FC(F)(F)c1cccc(-c2ccc(Sc3ccccc3)s2)c1. The molecule has 0 spiro atoms. The van der Waals surface area contributed by atoms with Crippen molar-refractivity contribution >= 4 is 23.1 Å². The van der Waals surface area contributed by atoms with Crippen LogP contribution in [0.4, 0.5) is 13.2 Å². The van der Waals surface area contributed by atoms with Crippen LogP contribution in [0, 0.1) is 0 Å². The summed E-state index contributed by atoms with van der Waals surface area (Å²) in [5.74, 6) is 0. The highest BCUT2D eigenvalue weighted by atomic mass is 32.2. The van der Waals surface area contributed by atoms with Crippen molar-refractivity contribution in [2.24, 2.45) is 0 Å². The molecule has 0 fully saturated rings. The minimum atomic E-state index is -4.31. The fourth-order valence-corrected chi connectivity index (χ4v) is 4.10. The van der Waals surface area contributed by atoms with Gasteiger partial charge in [-0.05, 0) is 42.0 Å². The van der Waals surface area contributed by atoms with Crippen LogP contribution in [0.1, 0.15) is 5.56 Å². The van der Waals surface area contributed by atoms with Gasteiger partial charge in [0.05, 0.1) is 9.77 Å². The van der Waals surface area contributed by atoms with Crippen molar-refractivity contribution in [1.82, 2.24) is 0 Å². The van der Waals surface area contributed by atoms with Crippen LogP contribution in [0.15, 0.2) is 75.8 Å². The lowest BCUT2D eigenvalue weighted by Gasteiger charge is -2.07. The van der Waals surface area contributed by atoms with Crippen molar-refractivity contribution in [3.8, 4) is 10.4 Å². The minimum absolute atomic E-state index is 0.597. The van der Waals surface area contributed by atoms with E-state index in [0.29, 0.717) is 5.56 Å². The zero-order valence-electron chi connectivity index (χ0n) is 11.3. The second-order valence-corrected chi connectivity index (χ2v) is 7.07. The summed E-state index contributed by atoms with van der Waals surface area (Å²) < 4.78 is 39.4. The quantitative estimate of drug-likeness (QED) is 0.520. The summed E-state index contributed by atoms with van der Waals surface area (Å²) in [6, 6.07) is 19.1. The molecule has 0 N–H and O–H groups in total. The molecule has 2 aromatic carbocycles. The molecule has 0 aliphatic carbocycles. The lowest BCUT2D eigenvalue weighted by atomic mass is 10.1. The number of thiophene rings is 1. The molecule has 22 heavy (non-hydrogen) atoms. The third kappa shape index (κ3) is 3.54. The molecule has 1 heterocycles. The largest absolute Gasteiger partial charge is 0.416 e. The Balaban J connectivity index is 1.85. The number of hydrogen-bond acceptors (Lipinski definition) is 2. The van der Waals surface area contributed by atoms with Crippen LogP contribution in [0.25, 0.3) is 10.4 Å². The number of benzene rings is 2. The Hall–Kier alpha value is -1.72. The van der Waals surface area contributed by atoms with Crippen molar-refractivity contribution in [2.75, 3.05) is 0 Å². The van der Waals surface area contributed by atoms with Gasteiger partial charge in [0.2, 0.25) is 0 Å². The maximum Gasteiger partial charge on any atom is 0.416 e. The van der Waals surface area contributed by atoms with Crippen LogP contribution in [0.2, 0.25) is 0 Å². The van der Waals surface area contributed by atoms with Gasteiger partial charge in [-0.2, -0.15) is 13.2 Å². The maximum absolute atomic E-state index is 12.8. The van der Waals surface area contributed by atoms with Gasteiger partial charge >= 0.3 is 6.18 Å². The Kier molecular flexibility index (Phi) is 4.27. The Bertz CT molecular complexity index is 761. The van der Waals surface area contributed by atoms with Gasteiger partial charge in [0.25, 0.3) is 0 Å². The van der Waals surface area contributed by atoms with Crippen molar-refractivity contribution in [3.63, 3.8) is 0 Å². The van der Waals surface area contributed by atoms with Gasteiger partial charge < -0.3 is 0 Å². The molecule has 0 radical (unpaired) electrons. The van der Waals surface area contributed by atoms with Crippen LogP contribution in [0.5, 0.6) is 0 Å². The molecule has 3 aromatic rings. The predicted molar refractivity (Wildman–Crippen MR) is 85.3 cm³/mol. The predicted octanol–water partition coefficient (Wildman–Crippen LogP) is 6.59. The number of hydrogen-bond donors (Lipinski definition) is 0. The fourth-order valence-electron chi connectivity index (χ4n) is 1.98. The molecular formula is C17H11F3S2. The summed E-state index contributed by atoms with van der Waals surface area (Å²) in [5, 5.41) is 0. The normalized spacial score (nSPS) is 11.6. The molecule has 0 amide bonds.